The number of rotatable bonds is 7. The van der Waals surface area contributed by atoms with Crippen LogP contribution in [0, 0.1) is 5.92 Å². The lowest BCUT2D eigenvalue weighted by Gasteiger charge is -2.17. The molecular formula is C17H21BrN2. The minimum absolute atomic E-state index is 0.591. The maximum atomic E-state index is 4.26. The molecule has 3 heteroatoms. The molecule has 0 aliphatic rings. The van der Waals surface area contributed by atoms with Crippen LogP contribution >= 0.6 is 15.9 Å². The molecule has 0 aliphatic carbocycles. The van der Waals surface area contributed by atoms with E-state index in [0.29, 0.717) is 5.92 Å². The lowest BCUT2D eigenvalue weighted by molar-refractivity contribution is 0.477. The number of hydrogen-bond donors (Lipinski definition) is 1. The van der Waals surface area contributed by atoms with Gasteiger partial charge < -0.3 is 5.32 Å². The topological polar surface area (TPSA) is 24.9 Å². The SMILES string of the molecule is CCNCC(Cc1ccccc1)Cc1cncc(Br)c1. The summed E-state index contributed by atoms with van der Waals surface area (Å²) in [4.78, 5) is 4.26. The van der Waals surface area contributed by atoms with Crippen LogP contribution in [-0.4, -0.2) is 18.1 Å². The van der Waals surface area contributed by atoms with Gasteiger partial charge in [-0.3, -0.25) is 4.98 Å². The van der Waals surface area contributed by atoms with Crippen LogP contribution in [0.1, 0.15) is 18.1 Å². The monoisotopic (exact) mass is 332 g/mol. The fourth-order valence-corrected chi connectivity index (χ4v) is 2.83. The maximum Gasteiger partial charge on any atom is 0.0410 e. The van der Waals surface area contributed by atoms with Crippen LogP contribution in [0.4, 0.5) is 0 Å². The fraction of sp³-hybridized carbons (Fsp3) is 0.353. The molecule has 1 unspecified atom stereocenters. The van der Waals surface area contributed by atoms with Crippen LogP contribution in [0.25, 0.3) is 0 Å². The average Bonchev–Trinajstić information content (AvgIpc) is 2.46. The summed E-state index contributed by atoms with van der Waals surface area (Å²) in [5, 5.41) is 3.47. The maximum absolute atomic E-state index is 4.26. The standard InChI is InChI=1S/C17H21BrN2/c1-2-19-11-15(8-14-6-4-3-5-7-14)9-16-10-17(18)13-20-12-16/h3-7,10,12-13,15,19H,2,8-9,11H2,1H3. The van der Waals surface area contributed by atoms with Crippen molar-refractivity contribution in [2.75, 3.05) is 13.1 Å². The van der Waals surface area contributed by atoms with Gasteiger partial charge in [-0.05, 0) is 65.0 Å². The summed E-state index contributed by atoms with van der Waals surface area (Å²) >= 11 is 3.49. The summed E-state index contributed by atoms with van der Waals surface area (Å²) in [6.07, 6.45) is 5.95. The molecule has 20 heavy (non-hydrogen) atoms. The lowest BCUT2D eigenvalue weighted by Crippen LogP contribution is -2.25. The van der Waals surface area contributed by atoms with Gasteiger partial charge in [0.25, 0.3) is 0 Å². The van der Waals surface area contributed by atoms with Gasteiger partial charge in [0.1, 0.15) is 0 Å². The largest absolute Gasteiger partial charge is 0.317 e. The summed E-state index contributed by atoms with van der Waals surface area (Å²) < 4.78 is 1.05. The molecule has 0 amide bonds. The number of pyridine rings is 1. The number of nitrogens with zero attached hydrogens (tertiary/aromatic N) is 1. The van der Waals surface area contributed by atoms with Crippen LogP contribution in [0.15, 0.2) is 53.3 Å². The van der Waals surface area contributed by atoms with Gasteiger partial charge in [0.15, 0.2) is 0 Å². The molecule has 0 fully saturated rings. The van der Waals surface area contributed by atoms with Gasteiger partial charge in [-0.25, -0.2) is 0 Å². The van der Waals surface area contributed by atoms with Crippen molar-refractivity contribution in [1.29, 1.82) is 0 Å². The first kappa shape index (κ1) is 15.2. The van der Waals surface area contributed by atoms with Crippen LogP contribution in [0.5, 0.6) is 0 Å². The zero-order chi connectivity index (χ0) is 14.2. The normalized spacial score (nSPS) is 12.3. The van der Waals surface area contributed by atoms with Crippen molar-refractivity contribution in [3.8, 4) is 0 Å². The van der Waals surface area contributed by atoms with Gasteiger partial charge in [-0.2, -0.15) is 0 Å². The summed E-state index contributed by atoms with van der Waals surface area (Å²) in [6.45, 7) is 4.21. The van der Waals surface area contributed by atoms with Gasteiger partial charge >= 0.3 is 0 Å². The molecule has 0 bridgehead atoms. The minimum atomic E-state index is 0.591. The molecule has 1 heterocycles. The molecule has 1 N–H and O–H groups in total. The third-order valence-electron chi connectivity index (χ3n) is 3.34. The van der Waals surface area contributed by atoms with Gasteiger partial charge in [0, 0.05) is 16.9 Å². The van der Waals surface area contributed by atoms with Crippen LogP contribution in [0.3, 0.4) is 0 Å². The molecule has 106 valence electrons. The molecule has 2 rings (SSSR count). The van der Waals surface area contributed by atoms with E-state index < -0.39 is 0 Å². The smallest absolute Gasteiger partial charge is 0.0410 e. The van der Waals surface area contributed by atoms with Crippen LogP contribution in [-0.2, 0) is 12.8 Å². The first-order valence-corrected chi connectivity index (χ1v) is 7.91. The summed E-state index contributed by atoms with van der Waals surface area (Å²) in [5.74, 6) is 0.591. The Morgan fingerprint density at radius 2 is 1.85 bits per heavy atom. The summed E-state index contributed by atoms with van der Waals surface area (Å²) in [6, 6.07) is 12.9. The molecule has 2 aromatic rings. The zero-order valence-electron chi connectivity index (χ0n) is 11.8. The van der Waals surface area contributed by atoms with Crippen molar-refractivity contribution < 1.29 is 0 Å². The lowest BCUT2D eigenvalue weighted by atomic mass is 9.93. The predicted molar refractivity (Wildman–Crippen MR) is 87.8 cm³/mol. The summed E-state index contributed by atoms with van der Waals surface area (Å²) in [5.41, 5.74) is 2.69. The second kappa shape index (κ2) is 8.18. The first-order chi connectivity index (χ1) is 9.78. The second-order valence-electron chi connectivity index (χ2n) is 5.08. The molecular weight excluding hydrogens is 312 g/mol. The van der Waals surface area contributed by atoms with Gasteiger partial charge in [-0.15, -0.1) is 0 Å². The Bertz CT molecular complexity index is 513. The molecule has 1 atom stereocenters. The van der Waals surface area contributed by atoms with Crippen molar-refractivity contribution in [3.05, 3.63) is 64.4 Å². The molecule has 0 saturated carbocycles. The number of hydrogen-bond acceptors (Lipinski definition) is 2. The quantitative estimate of drug-likeness (QED) is 0.832. The predicted octanol–water partition coefficient (Wildman–Crippen LogP) is 3.86. The number of halogens is 1. The van der Waals surface area contributed by atoms with E-state index in [1.165, 1.54) is 11.1 Å². The van der Waals surface area contributed by atoms with E-state index in [1.807, 2.05) is 12.4 Å². The highest BCUT2D eigenvalue weighted by molar-refractivity contribution is 9.10. The highest BCUT2D eigenvalue weighted by Crippen LogP contribution is 2.16. The number of benzene rings is 1. The van der Waals surface area contributed by atoms with Crippen molar-refractivity contribution in [1.82, 2.24) is 10.3 Å². The Balaban J connectivity index is 2.03. The zero-order valence-corrected chi connectivity index (χ0v) is 13.4. The van der Waals surface area contributed by atoms with Gasteiger partial charge in [0.05, 0.1) is 0 Å². The minimum Gasteiger partial charge on any atom is -0.317 e. The Morgan fingerprint density at radius 3 is 2.55 bits per heavy atom. The Labute approximate surface area is 129 Å². The third-order valence-corrected chi connectivity index (χ3v) is 3.77. The molecule has 2 nitrogen and oxygen atoms in total. The Morgan fingerprint density at radius 1 is 1.10 bits per heavy atom. The molecule has 0 aliphatic heterocycles. The van der Waals surface area contributed by atoms with Gasteiger partial charge in [0.2, 0.25) is 0 Å². The summed E-state index contributed by atoms with van der Waals surface area (Å²) in [7, 11) is 0. The van der Waals surface area contributed by atoms with E-state index in [9.17, 15) is 0 Å². The fourth-order valence-electron chi connectivity index (χ4n) is 2.41. The van der Waals surface area contributed by atoms with Crippen LogP contribution < -0.4 is 5.32 Å². The van der Waals surface area contributed by atoms with E-state index in [4.69, 9.17) is 0 Å². The average molecular weight is 333 g/mol. The van der Waals surface area contributed by atoms with E-state index >= 15 is 0 Å². The highest BCUT2D eigenvalue weighted by Gasteiger charge is 2.11. The van der Waals surface area contributed by atoms with E-state index in [-0.39, 0.29) is 0 Å². The van der Waals surface area contributed by atoms with E-state index in [2.05, 4.69) is 69.6 Å². The second-order valence-corrected chi connectivity index (χ2v) is 5.99. The van der Waals surface area contributed by atoms with E-state index in [1.54, 1.807) is 0 Å². The molecule has 0 spiro atoms. The molecule has 1 aromatic heterocycles. The van der Waals surface area contributed by atoms with E-state index in [0.717, 1.165) is 30.4 Å². The Hall–Kier alpha value is -1.19. The molecule has 0 radical (unpaired) electrons. The molecule has 0 saturated heterocycles. The van der Waals surface area contributed by atoms with Gasteiger partial charge in [-0.1, -0.05) is 37.3 Å². The van der Waals surface area contributed by atoms with Crippen molar-refractivity contribution in [2.24, 2.45) is 5.92 Å². The highest BCUT2D eigenvalue weighted by atomic mass is 79.9. The van der Waals surface area contributed by atoms with Crippen molar-refractivity contribution >= 4 is 15.9 Å². The number of nitrogens with one attached hydrogen (secondary N) is 1. The Kier molecular flexibility index (Phi) is 6.22. The van der Waals surface area contributed by atoms with Crippen molar-refractivity contribution in [2.45, 2.75) is 19.8 Å². The molecule has 1 aromatic carbocycles. The first-order valence-electron chi connectivity index (χ1n) is 7.12. The third kappa shape index (κ3) is 5.06. The van der Waals surface area contributed by atoms with Crippen LogP contribution in [0.2, 0.25) is 0 Å². The van der Waals surface area contributed by atoms with Crippen molar-refractivity contribution in [3.63, 3.8) is 0 Å². The number of aromatic nitrogens is 1.